The molecule has 0 atom stereocenters. The van der Waals surface area contributed by atoms with Gasteiger partial charge in [-0.25, -0.2) is 0 Å². The van der Waals surface area contributed by atoms with Crippen LogP contribution < -0.4 is 0 Å². The van der Waals surface area contributed by atoms with Gasteiger partial charge in [-0.2, -0.15) is 0 Å². The monoisotopic (exact) mass is 510 g/mol. The van der Waals surface area contributed by atoms with E-state index in [-0.39, 0.29) is 12.2 Å². The van der Waals surface area contributed by atoms with Gasteiger partial charge in [-0.15, -0.1) is 0 Å². The summed E-state index contributed by atoms with van der Waals surface area (Å²) in [6.07, 6.45) is 0.0321. The van der Waals surface area contributed by atoms with Crippen LogP contribution in [0.3, 0.4) is 0 Å². The number of hydrogen-bond acceptors (Lipinski definition) is 4. The topological polar surface area (TPSA) is 24.9 Å². The third-order valence-electron chi connectivity index (χ3n) is 6.06. The Morgan fingerprint density at radius 2 is 0.658 bits per heavy atom. The number of benzene rings is 4. The van der Waals surface area contributed by atoms with Crippen LogP contribution >= 0.6 is 0 Å². The van der Waals surface area contributed by atoms with Gasteiger partial charge < -0.3 is 19.3 Å². The Kier molecular flexibility index (Phi) is 12.7. The van der Waals surface area contributed by atoms with Crippen molar-refractivity contribution in [1.82, 2.24) is 9.80 Å². The molecule has 0 aliphatic carbocycles. The minimum absolute atomic E-state index is 0.0161. The Hall–Kier alpha value is -3.28. The molecule has 0 aliphatic heterocycles. The summed E-state index contributed by atoms with van der Waals surface area (Å²) >= 11 is 0. The molecule has 0 N–H and O–H groups in total. The highest BCUT2D eigenvalue weighted by molar-refractivity contribution is 5.31. The lowest BCUT2D eigenvalue weighted by molar-refractivity contribution is 0.0686. The highest BCUT2D eigenvalue weighted by Crippen LogP contribution is 2.26. The molecule has 4 aromatic carbocycles. The zero-order valence-corrected chi connectivity index (χ0v) is 23.2. The van der Waals surface area contributed by atoms with E-state index in [0.29, 0.717) is 0 Å². The second-order valence-corrected chi connectivity index (χ2v) is 9.75. The third-order valence-corrected chi connectivity index (χ3v) is 6.06. The summed E-state index contributed by atoms with van der Waals surface area (Å²) in [5, 5.41) is 0. The van der Waals surface area contributed by atoms with Crippen molar-refractivity contribution < 1.29 is 9.47 Å². The number of ether oxygens (including phenoxy) is 2. The second kappa shape index (κ2) is 16.5. The van der Waals surface area contributed by atoms with E-state index in [9.17, 15) is 0 Å². The molecule has 38 heavy (non-hydrogen) atoms. The Morgan fingerprint density at radius 1 is 0.421 bits per heavy atom. The summed E-state index contributed by atoms with van der Waals surface area (Å²) in [5.74, 6) is 0. The third kappa shape index (κ3) is 10.2. The van der Waals surface area contributed by atoms with Gasteiger partial charge in [0.05, 0.1) is 13.2 Å². The Labute approximate surface area is 229 Å². The van der Waals surface area contributed by atoms with Crippen LogP contribution in [0.15, 0.2) is 121 Å². The fourth-order valence-corrected chi connectivity index (χ4v) is 3.99. The molecule has 0 spiro atoms. The van der Waals surface area contributed by atoms with Crippen LogP contribution in [0.25, 0.3) is 0 Å². The minimum atomic E-state index is 0.0161. The molecular weight excluding hydrogens is 468 g/mol. The van der Waals surface area contributed by atoms with E-state index < -0.39 is 0 Å². The molecule has 0 bridgehead atoms. The minimum Gasteiger partial charge on any atom is -0.367 e. The first kappa shape index (κ1) is 29.3. The molecular formula is C34H42N2O2. The zero-order valence-electron chi connectivity index (χ0n) is 23.2. The Morgan fingerprint density at radius 3 is 0.868 bits per heavy atom. The van der Waals surface area contributed by atoms with Gasteiger partial charge in [0.25, 0.3) is 0 Å². The standard InChI is InChI=1S/2C17H21NO/c2*1-18(2)13-14-19-17(15-9-5-3-6-10-15)16-11-7-4-8-12-16/h2*3-12,17H,13-14H2,1-2H3. The largest absolute Gasteiger partial charge is 0.367 e. The highest BCUT2D eigenvalue weighted by Gasteiger charge is 2.15. The molecule has 0 amide bonds. The molecule has 0 saturated heterocycles. The number of hydrogen-bond donors (Lipinski definition) is 0. The molecule has 0 aliphatic rings. The van der Waals surface area contributed by atoms with Crippen molar-refractivity contribution in [3.8, 4) is 0 Å². The van der Waals surface area contributed by atoms with Gasteiger partial charge in [-0.1, -0.05) is 121 Å². The van der Waals surface area contributed by atoms with Gasteiger partial charge in [-0.3, -0.25) is 0 Å². The fourth-order valence-electron chi connectivity index (χ4n) is 3.99. The van der Waals surface area contributed by atoms with Crippen molar-refractivity contribution in [2.24, 2.45) is 0 Å². The van der Waals surface area contributed by atoms with Crippen molar-refractivity contribution in [3.63, 3.8) is 0 Å². The van der Waals surface area contributed by atoms with Crippen LogP contribution in [-0.2, 0) is 9.47 Å². The van der Waals surface area contributed by atoms with E-state index in [2.05, 4.69) is 135 Å². The summed E-state index contributed by atoms with van der Waals surface area (Å²) in [7, 11) is 8.24. The molecule has 4 heteroatoms. The number of rotatable bonds is 12. The molecule has 200 valence electrons. The first-order valence-electron chi connectivity index (χ1n) is 13.3. The number of likely N-dealkylation sites (N-methyl/N-ethyl adjacent to an activating group) is 2. The van der Waals surface area contributed by atoms with Crippen molar-refractivity contribution >= 4 is 0 Å². The molecule has 0 radical (unpaired) electrons. The molecule has 0 fully saturated rings. The highest BCUT2D eigenvalue weighted by atomic mass is 16.5. The van der Waals surface area contributed by atoms with Crippen LogP contribution in [0, 0.1) is 0 Å². The van der Waals surface area contributed by atoms with Crippen LogP contribution in [0.2, 0.25) is 0 Å². The van der Waals surface area contributed by atoms with Crippen LogP contribution in [0.5, 0.6) is 0 Å². The van der Waals surface area contributed by atoms with Crippen LogP contribution in [0.4, 0.5) is 0 Å². The normalized spacial score (nSPS) is 11.2. The SMILES string of the molecule is CN(C)CCOC(c1ccccc1)c1ccccc1.CN(C)CCOC(c1ccccc1)c1ccccc1. The first-order chi connectivity index (χ1) is 18.5. The smallest absolute Gasteiger partial charge is 0.108 e. The van der Waals surface area contributed by atoms with E-state index in [1.54, 1.807) is 0 Å². The molecule has 0 saturated carbocycles. The van der Waals surface area contributed by atoms with E-state index in [1.807, 2.05) is 24.3 Å². The predicted octanol–water partition coefficient (Wildman–Crippen LogP) is 6.71. The summed E-state index contributed by atoms with van der Waals surface area (Å²) in [4.78, 5) is 4.26. The average molecular weight is 511 g/mol. The molecule has 4 rings (SSSR count). The van der Waals surface area contributed by atoms with E-state index in [1.165, 1.54) is 22.3 Å². The lowest BCUT2D eigenvalue weighted by Crippen LogP contribution is -2.20. The maximum absolute atomic E-state index is 6.08. The fraction of sp³-hybridized carbons (Fsp3) is 0.294. The van der Waals surface area contributed by atoms with Gasteiger partial charge in [0.1, 0.15) is 12.2 Å². The van der Waals surface area contributed by atoms with E-state index in [4.69, 9.17) is 9.47 Å². The lowest BCUT2D eigenvalue weighted by atomic mass is 10.0. The van der Waals surface area contributed by atoms with Gasteiger partial charge in [0.2, 0.25) is 0 Å². The molecule has 0 aromatic heterocycles. The van der Waals surface area contributed by atoms with Crippen molar-refractivity contribution in [2.75, 3.05) is 54.5 Å². The van der Waals surface area contributed by atoms with Crippen LogP contribution in [0.1, 0.15) is 34.5 Å². The average Bonchev–Trinajstić information content (AvgIpc) is 2.95. The molecule has 4 nitrogen and oxygen atoms in total. The molecule has 0 heterocycles. The summed E-state index contributed by atoms with van der Waals surface area (Å²) in [6, 6.07) is 41.5. The van der Waals surface area contributed by atoms with Crippen LogP contribution in [-0.4, -0.2) is 64.3 Å². The maximum atomic E-state index is 6.08. The Bertz CT molecular complexity index is 948. The maximum Gasteiger partial charge on any atom is 0.108 e. The summed E-state index contributed by atoms with van der Waals surface area (Å²) in [5.41, 5.74) is 4.81. The zero-order chi connectivity index (χ0) is 27.0. The van der Waals surface area contributed by atoms with Crippen molar-refractivity contribution in [2.45, 2.75) is 12.2 Å². The van der Waals surface area contributed by atoms with Gasteiger partial charge >= 0.3 is 0 Å². The van der Waals surface area contributed by atoms with Gasteiger partial charge in [-0.05, 0) is 50.4 Å². The van der Waals surface area contributed by atoms with Crippen molar-refractivity contribution in [3.05, 3.63) is 144 Å². The quantitative estimate of drug-likeness (QED) is 0.212. The number of nitrogens with zero attached hydrogens (tertiary/aromatic N) is 2. The van der Waals surface area contributed by atoms with Gasteiger partial charge in [0.15, 0.2) is 0 Å². The summed E-state index contributed by atoms with van der Waals surface area (Å²) in [6.45, 7) is 3.30. The van der Waals surface area contributed by atoms with E-state index >= 15 is 0 Å². The molecule has 0 unspecified atom stereocenters. The van der Waals surface area contributed by atoms with Crippen molar-refractivity contribution in [1.29, 1.82) is 0 Å². The molecule has 4 aromatic rings. The summed E-state index contributed by atoms with van der Waals surface area (Å²) < 4.78 is 12.2. The lowest BCUT2D eigenvalue weighted by Gasteiger charge is -2.20. The van der Waals surface area contributed by atoms with Gasteiger partial charge in [0, 0.05) is 13.1 Å². The second-order valence-electron chi connectivity index (χ2n) is 9.75. The van der Waals surface area contributed by atoms with E-state index in [0.717, 1.165) is 26.3 Å². The predicted molar refractivity (Wildman–Crippen MR) is 158 cm³/mol. The first-order valence-corrected chi connectivity index (χ1v) is 13.3. The Balaban J connectivity index is 0.000000211.